The molecule has 1 aromatic heterocycles. The zero-order chi connectivity index (χ0) is 22.2. The van der Waals surface area contributed by atoms with E-state index in [1.165, 1.54) is 4.68 Å². The van der Waals surface area contributed by atoms with E-state index in [4.69, 9.17) is 4.74 Å². The Balaban J connectivity index is 1.71. The topological polar surface area (TPSA) is 85.6 Å². The Morgan fingerprint density at radius 1 is 1.16 bits per heavy atom. The number of aromatic nitrogens is 2. The molecule has 7 nitrogen and oxygen atoms in total. The monoisotopic (exact) mass is 420 g/mol. The second-order valence-electron chi connectivity index (χ2n) is 7.72. The third kappa shape index (κ3) is 5.78. The van der Waals surface area contributed by atoms with Gasteiger partial charge in [0.2, 0.25) is 0 Å². The number of ether oxygens (including phenoxy) is 1. The van der Waals surface area contributed by atoms with Gasteiger partial charge in [-0.25, -0.2) is 10.1 Å². The summed E-state index contributed by atoms with van der Waals surface area (Å²) in [6.45, 7) is 7.40. The van der Waals surface area contributed by atoms with Crippen LogP contribution in [0.25, 0.3) is 10.8 Å². The van der Waals surface area contributed by atoms with Crippen molar-refractivity contribution in [3.63, 3.8) is 0 Å². The van der Waals surface area contributed by atoms with Crippen molar-refractivity contribution in [2.24, 2.45) is 11.0 Å². The summed E-state index contributed by atoms with van der Waals surface area (Å²) in [5.74, 6) is 0.935. The summed E-state index contributed by atoms with van der Waals surface area (Å²) >= 11 is 0. The summed E-state index contributed by atoms with van der Waals surface area (Å²) in [6, 6.07) is 14.5. The van der Waals surface area contributed by atoms with Crippen molar-refractivity contribution in [3.8, 4) is 5.75 Å². The number of benzene rings is 2. The van der Waals surface area contributed by atoms with Gasteiger partial charge in [-0.05, 0) is 54.7 Å². The zero-order valence-corrected chi connectivity index (χ0v) is 18.2. The van der Waals surface area contributed by atoms with Crippen molar-refractivity contribution in [1.82, 2.24) is 15.2 Å². The fourth-order valence-electron chi connectivity index (χ4n) is 3.05. The minimum atomic E-state index is -0.467. The highest BCUT2D eigenvalue weighted by Gasteiger charge is 2.16. The van der Waals surface area contributed by atoms with Gasteiger partial charge in [-0.1, -0.05) is 39.0 Å². The first-order chi connectivity index (χ1) is 15.0. The molecule has 1 amide bonds. The summed E-state index contributed by atoms with van der Waals surface area (Å²) in [5.41, 5.74) is 3.31. The lowest BCUT2D eigenvalue weighted by molar-refractivity contribution is 0.0949. The zero-order valence-electron chi connectivity index (χ0n) is 18.2. The van der Waals surface area contributed by atoms with Gasteiger partial charge in [-0.3, -0.25) is 9.59 Å². The quantitative estimate of drug-likeness (QED) is 0.419. The maximum absolute atomic E-state index is 12.7. The highest BCUT2D eigenvalue weighted by atomic mass is 16.5. The molecule has 0 aliphatic rings. The SMILES string of the molecule is CCCn1nc(C(=O)N/N=C\c2ccc(OCCC(C)C)cc2)c2ccccc2c1=O. The van der Waals surface area contributed by atoms with Crippen molar-refractivity contribution in [1.29, 1.82) is 0 Å². The van der Waals surface area contributed by atoms with E-state index in [0.717, 1.165) is 24.2 Å². The van der Waals surface area contributed by atoms with E-state index >= 15 is 0 Å². The van der Waals surface area contributed by atoms with Crippen LogP contribution < -0.4 is 15.7 Å². The lowest BCUT2D eigenvalue weighted by Gasteiger charge is -2.09. The summed E-state index contributed by atoms with van der Waals surface area (Å²) < 4.78 is 7.04. The number of hydrogen-bond donors (Lipinski definition) is 1. The van der Waals surface area contributed by atoms with Gasteiger partial charge in [-0.2, -0.15) is 10.2 Å². The van der Waals surface area contributed by atoms with Crippen molar-refractivity contribution in [2.45, 2.75) is 40.2 Å². The molecule has 0 atom stereocenters. The lowest BCUT2D eigenvalue weighted by atomic mass is 10.1. The highest BCUT2D eigenvalue weighted by molar-refractivity contribution is 6.04. The molecular formula is C24H28N4O3. The van der Waals surface area contributed by atoms with E-state index in [9.17, 15) is 9.59 Å². The smallest absolute Gasteiger partial charge is 0.292 e. The molecule has 3 rings (SSSR count). The molecule has 0 aliphatic carbocycles. The number of fused-ring (bicyclic) bond motifs is 1. The number of nitrogens with zero attached hydrogens (tertiary/aromatic N) is 3. The third-order valence-electron chi connectivity index (χ3n) is 4.74. The van der Waals surface area contributed by atoms with E-state index in [2.05, 4.69) is 29.5 Å². The van der Waals surface area contributed by atoms with Gasteiger partial charge in [0, 0.05) is 11.9 Å². The Labute approximate surface area is 181 Å². The van der Waals surface area contributed by atoms with Crippen LogP contribution in [0.4, 0.5) is 0 Å². The van der Waals surface area contributed by atoms with Crippen LogP contribution in [0, 0.1) is 5.92 Å². The number of amides is 1. The van der Waals surface area contributed by atoms with Gasteiger partial charge >= 0.3 is 0 Å². The van der Waals surface area contributed by atoms with E-state index < -0.39 is 5.91 Å². The van der Waals surface area contributed by atoms with E-state index in [-0.39, 0.29) is 11.3 Å². The van der Waals surface area contributed by atoms with Crippen LogP contribution >= 0.6 is 0 Å². The molecule has 1 N–H and O–H groups in total. The minimum absolute atomic E-state index is 0.176. The number of aryl methyl sites for hydroxylation is 1. The van der Waals surface area contributed by atoms with Crippen LogP contribution in [0.2, 0.25) is 0 Å². The van der Waals surface area contributed by atoms with Gasteiger partial charge in [-0.15, -0.1) is 0 Å². The maximum atomic E-state index is 12.7. The molecule has 0 bridgehead atoms. The molecule has 0 spiro atoms. The Hall–Kier alpha value is -3.48. The number of carbonyl (C=O) groups is 1. The lowest BCUT2D eigenvalue weighted by Crippen LogP contribution is -2.29. The molecule has 0 fully saturated rings. The molecule has 1 heterocycles. The van der Waals surface area contributed by atoms with Crippen molar-refractivity contribution >= 4 is 22.9 Å². The Morgan fingerprint density at radius 2 is 1.87 bits per heavy atom. The Bertz CT molecular complexity index is 1120. The predicted molar refractivity (Wildman–Crippen MR) is 123 cm³/mol. The van der Waals surface area contributed by atoms with Crippen LogP contribution in [0.1, 0.15) is 49.7 Å². The molecule has 0 radical (unpaired) electrons. The standard InChI is InChI=1S/C24H28N4O3/c1-4-14-28-24(30)21-8-6-5-7-20(21)22(27-28)23(29)26-25-16-18-9-11-19(12-10-18)31-15-13-17(2)3/h5-12,16-17H,4,13-15H2,1-3H3,(H,26,29)/b25-16-. The van der Waals surface area contributed by atoms with Gasteiger partial charge in [0.1, 0.15) is 5.75 Å². The van der Waals surface area contributed by atoms with E-state index in [1.807, 2.05) is 31.2 Å². The van der Waals surface area contributed by atoms with Crippen molar-refractivity contribution < 1.29 is 9.53 Å². The number of hydrogen-bond acceptors (Lipinski definition) is 5. The van der Waals surface area contributed by atoms with Crippen molar-refractivity contribution in [2.75, 3.05) is 6.61 Å². The number of carbonyl (C=O) groups excluding carboxylic acids is 1. The summed E-state index contributed by atoms with van der Waals surface area (Å²) in [4.78, 5) is 25.3. The summed E-state index contributed by atoms with van der Waals surface area (Å²) in [6.07, 6.45) is 3.30. The molecule has 0 unspecified atom stereocenters. The number of rotatable bonds is 9. The second kappa shape index (κ2) is 10.5. The van der Waals surface area contributed by atoms with Crippen LogP contribution in [-0.4, -0.2) is 28.5 Å². The van der Waals surface area contributed by atoms with Gasteiger partial charge in [0.25, 0.3) is 11.5 Å². The van der Waals surface area contributed by atoms with Crippen LogP contribution in [0.15, 0.2) is 58.4 Å². The molecule has 2 aromatic carbocycles. The van der Waals surface area contributed by atoms with Gasteiger partial charge in [0.15, 0.2) is 5.69 Å². The summed E-state index contributed by atoms with van der Waals surface area (Å²) in [5, 5.41) is 9.29. The average molecular weight is 421 g/mol. The first-order valence-electron chi connectivity index (χ1n) is 10.6. The number of hydrazone groups is 1. The fraction of sp³-hybridized carbons (Fsp3) is 0.333. The molecule has 7 heteroatoms. The second-order valence-corrected chi connectivity index (χ2v) is 7.72. The normalized spacial score (nSPS) is 11.4. The molecule has 31 heavy (non-hydrogen) atoms. The van der Waals surface area contributed by atoms with Crippen LogP contribution in [-0.2, 0) is 6.54 Å². The third-order valence-corrected chi connectivity index (χ3v) is 4.74. The predicted octanol–water partition coefficient (Wildman–Crippen LogP) is 4.00. The Morgan fingerprint density at radius 3 is 2.55 bits per heavy atom. The van der Waals surface area contributed by atoms with Crippen LogP contribution in [0.3, 0.4) is 0 Å². The van der Waals surface area contributed by atoms with Crippen LogP contribution in [0.5, 0.6) is 5.75 Å². The molecule has 0 saturated heterocycles. The van der Waals surface area contributed by atoms with Gasteiger partial charge in [0.05, 0.1) is 18.2 Å². The molecule has 0 aliphatic heterocycles. The minimum Gasteiger partial charge on any atom is -0.494 e. The first-order valence-corrected chi connectivity index (χ1v) is 10.6. The van der Waals surface area contributed by atoms with Gasteiger partial charge < -0.3 is 4.74 Å². The Kier molecular flexibility index (Phi) is 7.54. The van der Waals surface area contributed by atoms with Crippen molar-refractivity contribution in [3.05, 3.63) is 70.1 Å². The maximum Gasteiger partial charge on any atom is 0.292 e. The van der Waals surface area contributed by atoms with E-state index in [0.29, 0.717) is 29.8 Å². The highest BCUT2D eigenvalue weighted by Crippen LogP contribution is 2.14. The molecule has 0 saturated carbocycles. The molecule has 162 valence electrons. The number of nitrogens with one attached hydrogen (secondary N) is 1. The molecular weight excluding hydrogens is 392 g/mol. The largest absolute Gasteiger partial charge is 0.494 e. The fourth-order valence-corrected chi connectivity index (χ4v) is 3.05. The summed E-state index contributed by atoms with van der Waals surface area (Å²) in [7, 11) is 0. The average Bonchev–Trinajstić information content (AvgIpc) is 2.76. The molecule has 3 aromatic rings. The first kappa shape index (κ1) is 22.2. The van der Waals surface area contributed by atoms with E-state index in [1.54, 1.807) is 30.5 Å².